The minimum Gasteiger partial charge on any atom is -0.344 e. The molecule has 8 heteroatoms. The highest BCUT2D eigenvalue weighted by atomic mass is 35.5. The highest BCUT2D eigenvalue weighted by Gasteiger charge is 2.40. The van der Waals surface area contributed by atoms with Gasteiger partial charge in [0.1, 0.15) is 5.82 Å². The Kier molecular flexibility index (Phi) is 6.06. The molecule has 0 saturated heterocycles. The summed E-state index contributed by atoms with van der Waals surface area (Å²) in [6.07, 6.45) is -1.05. The van der Waals surface area contributed by atoms with Gasteiger partial charge in [0.15, 0.2) is 5.15 Å². The molecule has 1 aromatic rings. The molecule has 1 aromatic heterocycles. The van der Waals surface area contributed by atoms with Crippen LogP contribution in [-0.2, 0) is 13.0 Å². The minimum absolute atomic E-state index is 0.0553. The second kappa shape index (κ2) is 7.09. The van der Waals surface area contributed by atoms with Crippen LogP contribution in [0.25, 0.3) is 0 Å². The van der Waals surface area contributed by atoms with Gasteiger partial charge in [-0.2, -0.15) is 8.78 Å². The molecular weight excluding hydrogens is 286 g/mol. The molecule has 1 heterocycles. The fourth-order valence-electron chi connectivity index (χ4n) is 1.45. The Morgan fingerprint density at radius 2 is 2.11 bits per heavy atom. The minimum atomic E-state index is -4.04. The van der Waals surface area contributed by atoms with E-state index in [0.29, 0.717) is 17.9 Å². The van der Waals surface area contributed by atoms with Gasteiger partial charge in [0.05, 0.1) is 12.2 Å². The number of hydrogen-bond donors (Lipinski definition) is 2. The van der Waals surface area contributed by atoms with Crippen LogP contribution in [0.5, 0.6) is 0 Å². The molecule has 0 aliphatic carbocycles. The zero-order valence-electron chi connectivity index (χ0n) is 10.4. The number of aromatic nitrogens is 2. The van der Waals surface area contributed by atoms with Gasteiger partial charge in [0.2, 0.25) is 0 Å². The Morgan fingerprint density at radius 3 is 2.68 bits per heavy atom. The van der Waals surface area contributed by atoms with Crippen molar-refractivity contribution in [2.24, 2.45) is 0 Å². The number of nitrogens with one attached hydrogen (secondary N) is 2. The highest BCUT2D eigenvalue weighted by Crippen LogP contribution is 2.22. The van der Waals surface area contributed by atoms with Crippen LogP contribution >= 0.6 is 11.6 Å². The van der Waals surface area contributed by atoms with Crippen LogP contribution in [0, 0.1) is 0 Å². The molecule has 0 aromatic carbocycles. The normalized spacial score (nSPS) is 12.4. The SMILES string of the molecule is CCCCc1nc(Cl)c(CNCC(F)(F)C(F)F)[nH]1. The van der Waals surface area contributed by atoms with Crippen LogP contribution in [0.4, 0.5) is 17.6 Å². The Morgan fingerprint density at radius 1 is 1.42 bits per heavy atom. The lowest BCUT2D eigenvalue weighted by Gasteiger charge is -2.15. The van der Waals surface area contributed by atoms with Crippen LogP contribution in [0.2, 0.25) is 5.15 Å². The number of H-pyrrole nitrogens is 1. The second-order valence-corrected chi connectivity index (χ2v) is 4.58. The van der Waals surface area contributed by atoms with E-state index in [1.54, 1.807) is 0 Å². The van der Waals surface area contributed by atoms with E-state index in [-0.39, 0.29) is 11.7 Å². The number of aromatic amines is 1. The summed E-state index contributed by atoms with van der Waals surface area (Å²) >= 11 is 5.82. The first-order valence-corrected chi connectivity index (χ1v) is 6.34. The van der Waals surface area contributed by atoms with Crippen molar-refractivity contribution in [1.29, 1.82) is 0 Å². The van der Waals surface area contributed by atoms with Crippen molar-refractivity contribution in [1.82, 2.24) is 15.3 Å². The van der Waals surface area contributed by atoms with E-state index in [4.69, 9.17) is 11.6 Å². The van der Waals surface area contributed by atoms with Gasteiger partial charge < -0.3 is 10.3 Å². The van der Waals surface area contributed by atoms with Gasteiger partial charge in [0, 0.05) is 13.0 Å². The molecule has 0 unspecified atom stereocenters. The maximum atomic E-state index is 12.7. The predicted octanol–water partition coefficient (Wildman–Crippen LogP) is 3.40. The second-order valence-electron chi connectivity index (χ2n) is 4.22. The van der Waals surface area contributed by atoms with Crippen LogP contribution in [0.3, 0.4) is 0 Å². The average Bonchev–Trinajstić information content (AvgIpc) is 2.67. The summed E-state index contributed by atoms with van der Waals surface area (Å²) in [5.41, 5.74) is 0.429. The van der Waals surface area contributed by atoms with Gasteiger partial charge in [-0.05, 0) is 6.42 Å². The van der Waals surface area contributed by atoms with Gasteiger partial charge in [-0.1, -0.05) is 24.9 Å². The molecule has 0 bridgehead atoms. The van der Waals surface area contributed by atoms with E-state index < -0.39 is 18.9 Å². The molecule has 0 fully saturated rings. The first-order chi connectivity index (χ1) is 8.86. The lowest BCUT2D eigenvalue weighted by atomic mass is 10.2. The summed E-state index contributed by atoms with van der Waals surface area (Å²) in [5.74, 6) is -3.37. The molecule has 0 aliphatic heterocycles. The zero-order chi connectivity index (χ0) is 14.5. The van der Waals surface area contributed by atoms with E-state index in [2.05, 4.69) is 15.3 Å². The first-order valence-electron chi connectivity index (χ1n) is 5.96. The number of aryl methyl sites for hydroxylation is 1. The van der Waals surface area contributed by atoms with E-state index in [1.807, 2.05) is 6.92 Å². The third-order valence-electron chi connectivity index (χ3n) is 2.53. The van der Waals surface area contributed by atoms with Crippen molar-refractivity contribution in [3.8, 4) is 0 Å². The molecule has 2 N–H and O–H groups in total. The summed E-state index contributed by atoms with van der Waals surface area (Å²) in [6, 6.07) is 0. The number of nitrogens with zero attached hydrogens (tertiary/aromatic N) is 1. The molecule has 0 radical (unpaired) electrons. The molecule has 0 aliphatic rings. The third-order valence-corrected chi connectivity index (χ3v) is 2.84. The molecule has 0 saturated carbocycles. The van der Waals surface area contributed by atoms with Gasteiger partial charge in [-0.15, -0.1) is 0 Å². The van der Waals surface area contributed by atoms with Crippen LogP contribution < -0.4 is 5.32 Å². The van der Waals surface area contributed by atoms with Gasteiger partial charge in [-0.3, -0.25) is 0 Å². The van der Waals surface area contributed by atoms with Crippen molar-refractivity contribution in [3.63, 3.8) is 0 Å². The van der Waals surface area contributed by atoms with Crippen LogP contribution in [-0.4, -0.2) is 28.9 Å². The monoisotopic (exact) mass is 301 g/mol. The molecule has 0 atom stereocenters. The summed E-state index contributed by atoms with van der Waals surface area (Å²) in [4.78, 5) is 6.93. The Bertz CT molecular complexity index is 395. The lowest BCUT2D eigenvalue weighted by molar-refractivity contribution is -0.125. The maximum absolute atomic E-state index is 12.7. The summed E-state index contributed by atoms with van der Waals surface area (Å²) in [5, 5.41) is 2.43. The number of alkyl halides is 4. The summed E-state index contributed by atoms with van der Waals surface area (Å²) in [6.45, 7) is 0.865. The van der Waals surface area contributed by atoms with E-state index in [9.17, 15) is 17.6 Å². The molecule has 3 nitrogen and oxygen atoms in total. The van der Waals surface area contributed by atoms with Crippen molar-refractivity contribution >= 4 is 11.6 Å². The number of halogens is 5. The van der Waals surface area contributed by atoms with Crippen LogP contribution in [0.15, 0.2) is 0 Å². The largest absolute Gasteiger partial charge is 0.344 e. The Balaban J connectivity index is 2.47. The van der Waals surface area contributed by atoms with Crippen molar-refractivity contribution in [2.45, 2.75) is 45.1 Å². The van der Waals surface area contributed by atoms with Crippen molar-refractivity contribution < 1.29 is 17.6 Å². The molecule has 0 spiro atoms. The Hall–Kier alpha value is -0.820. The molecule has 1 rings (SSSR count). The van der Waals surface area contributed by atoms with E-state index in [1.165, 1.54) is 0 Å². The number of hydrogen-bond acceptors (Lipinski definition) is 2. The quantitative estimate of drug-likeness (QED) is 0.723. The summed E-state index contributed by atoms with van der Waals surface area (Å²) < 4.78 is 49.2. The van der Waals surface area contributed by atoms with Crippen LogP contribution in [0.1, 0.15) is 31.3 Å². The smallest absolute Gasteiger partial charge is 0.319 e. The van der Waals surface area contributed by atoms with Gasteiger partial charge in [-0.25, -0.2) is 13.8 Å². The lowest BCUT2D eigenvalue weighted by Crippen LogP contribution is -2.38. The number of unbranched alkanes of at least 4 members (excludes halogenated alkanes) is 1. The standard InChI is InChI=1S/C11H16ClF4N3/c1-2-3-4-8-18-7(9(12)19-8)5-17-6-11(15,16)10(13)14/h10,17H,2-6H2,1H3,(H,18,19). The van der Waals surface area contributed by atoms with E-state index >= 15 is 0 Å². The van der Waals surface area contributed by atoms with Crippen molar-refractivity contribution in [2.75, 3.05) is 6.54 Å². The topological polar surface area (TPSA) is 40.7 Å². The number of rotatable bonds is 8. The third kappa shape index (κ3) is 4.99. The number of imidazole rings is 1. The maximum Gasteiger partial charge on any atom is 0.319 e. The molecule has 19 heavy (non-hydrogen) atoms. The Labute approximate surface area is 113 Å². The van der Waals surface area contributed by atoms with E-state index in [0.717, 1.165) is 12.8 Å². The molecular formula is C11H16ClF4N3. The van der Waals surface area contributed by atoms with Crippen molar-refractivity contribution in [3.05, 3.63) is 16.7 Å². The fraction of sp³-hybridized carbons (Fsp3) is 0.727. The predicted molar refractivity (Wildman–Crippen MR) is 64.9 cm³/mol. The zero-order valence-corrected chi connectivity index (χ0v) is 11.2. The van der Waals surface area contributed by atoms with Gasteiger partial charge >= 0.3 is 12.3 Å². The first kappa shape index (κ1) is 16.2. The fourth-order valence-corrected chi connectivity index (χ4v) is 1.67. The molecule has 110 valence electrons. The molecule has 0 amide bonds. The summed E-state index contributed by atoms with van der Waals surface area (Å²) in [7, 11) is 0. The highest BCUT2D eigenvalue weighted by molar-refractivity contribution is 6.30. The average molecular weight is 302 g/mol. The van der Waals surface area contributed by atoms with Gasteiger partial charge in [0.25, 0.3) is 0 Å².